The van der Waals surface area contributed by atoms with Crippen LogP contribution in [0.4, 0.5) is 5.69 Å². The fourth-order valence-corrected chi connectivity index (χ4v) is 3.18. The zero-order valence-corrected chi connectivity index (χ0v) is 14.3. The Morgan fingerprint density at radius 2 is 2.08 bits per heavy atom. The topological polar surface area (TPSA) is 89.2 Å². The minimum atomic E-state index is -0.246. The van der Waals surface area contributed by atoms with Gasteiger partial charge in [0.1, 0.15) is 18.1 Å². The molecule has 4 rings (SSSR count). The predicted octanol–water partition coefficient (Wildman–Crippen LogP) is 2.62. The van der Waals surface area contributed by atoms with E-state index in [1.165, 1.54) is 7.11 Å². The molecule has 2 aromatic carbocycles. The van der Waals surface area contributed by atoms with Gasteiger partial charge in [0, 0.05) is 34.9 Å². The summed E-state index contributed by atoms with van der Waals surface area (Å²) in [6.45, 7) is 0.933. The third kappa shape index (κ3) is 3.08. The Labute approximate surface area is 150 Å². The molecule has 0 radical (unpaired) electrons. The summed E-state index contributed by atoms with van der Waals surface area (Å²) in [6, 6.07) is 9.16. The van der Waals surface area contributed by atoms with Crippen molar-refractivity contribution in [3.63, 3.8) is 0 Å². The predicted molar refractivity (Wildman–Crippen MR) is 92.6 cm³/mol. The van der Waals surface area contributed by atoms with Crippen molar-refractivity contribution in [2.24, 2.45) is 0 Å². The van der Waals surface area contributed by atoms with Crippen molar-refractivity contribution in [1.29, 1.82) is 0 Å². The molecular weight excluding hydrogens is 338 g/mol. The van der Waals surface area contributed by atoms with Gasteiger partial charge in [0.2, 0.25) is 6.79 Å². The summed E-state index contributed by atoms with van der Waals surface area (Å²) in [6.07, 6.45) is 0.302. The first-order valence-corrected chi connectivity index (χ1v) is 8.28. The normalized spacial score (nSPS) is 16.7. The Balaban J connectivity index is 1.47. The molecule has 2 N–H and O–H groups in total. The van der Waals surface area contributed by atoms with E-state index >= 15 is 0 Å². The highest BCUT2D eigenvalue weighted by Gasteiger charge is 2.27. The average molecular weight is 357 g/mol. The number of benzene rings is 2. The number of nitrogens with two attached hydrogens (primary N) is 1. The minimum absolute atomic E-state index is 0.00856. The Kier molecular flexibility index (Phi) is 4.20. The van der Waals surface area contributed by atoms with Gasteiger partial charge in [-0.15, -0.1) is 0 Å². The third-order valence-corrected chi connectivity index (χ3v) is 4.47. The molecule has 0 fully saturated rings. The zero-order valence-electron chi connectivity index (χ0n) is 14.3. The van der Waals surface area contributed by atoms with Crippen molar-refractivity contribution in [3.05, 3.63) is 41.5 Å². The van der Waals surface area contributed by atoms with Gasteiger partial charge in [0.15, 0.2) is 11.5 Å². The molecule has 1 atom stereocenters. The first kappa shape index (κ1) is 16.4. The van der Waals surface area contributed by atoms with Crippen LogP contribution in [0.2, 0.25) is 0 Å². The fraction of sp³-hybridized carbons (Fsp3) is 0.316. The van der Waals surface area contributed by atoms with E-state index in [4.69, 9.17) is 29.4 Å². The maximum absolute atomic E-state index is 11.5. The van der Waals surface area contributed by atoms with E-state index in [0.29, 0.717) is 42.6 Å². The summed E-state index contributed by atoms with van der Waals surface area (Å²) in [7, 11) is 1.39. The van der Waals surface area contributed by atoms with E-state index in [0.717, 1.165) is 16.9 Å². The van der Waals surface area contributed by atoms with E-state index in [9.17, 15) is 4.79 Å². The lowest BCUT2D eigenvalue weighted by Crippen LogP contribution is -2.09. The number of hydrogen-bond donors (Lipinski definition) is 1. The van der Waals surface area contributed by atoms with Crippen LogP contribution in [0.25, 0.3) is 0 Å². The van der Waals surface area contributed by atoms with Crippen LogP contribution in [0.15, 0.2) is 30.3 Å². The van der Waals surface area contributed by atoms with Crippen LogP contribution >= 0.6 is 0 Å². The lowest BCUT2D eigenvalue weighted by Gasteiger charge is -2.11. The number of methoxy groups -OCH3 is 1. The van der Waals surface area contributed by atoms with Crippen LogP contribution in [-0.4, -0.2) is 26.5 Å². The second-order valence-corrected chi connectivity index (χ2v) is 6.19. The number of ether oxygens (including phenoxy) is 5. The van der Waals surface area contributed by atoms with Gasteiger partial charge >= 0.3 is 5.97 Å². The van der Waals surface area contributed by atoms with Gasteiger partial charge in [0.25, 0.3) is 0 Å². The second kappa shape index (κ2) is 6.67. The van der Waals surface area contributed by atoms with E-state index in [1.807, 2.05) is 24.3 Å². The molecule has 2 heterocycles. The Hall–Kier alpha value is -3.09. The Bertz CT molecular complexity index is 850. The molecule has 0 amide bonds. The van der Waals surface area contributed by atoms with E-state index < -0.39 is 0 Å². The number of hydrogen-bond acceptors (Lipinski definition) is 7. The monoisotopic (exact) mass is 357 g/mol. The van der Waals surface area contributed by atoms with Crippen molar-refractivity contribution in [2.75, 3.05) is 26.2 Å². The van der Waals surface area contributed by atoms with Gasteiger partial charge in [-0.2, -0.15) is 0 Å². The van der Waals surface area contributed by atoms with Gasteiger partial charge in [-0.25, -0.2) is 0 Å². The van der Waals surface area contributed by atoms with E-state index in [1.54, 1.807) is 6.07 Å². The standard InChI is InChI=1S/C19H19NO6/c1-22-18(21)5-11-8-24-16-7-14(2-3-15(11)16)23-9-12-4-13(20)6-17-19(12)26-10-25-17/h2-4,6-7,11H,5,8-10,20H2,1H3. The highest BCUT2D eigenvalue weighted by atomic mass is 16.7. The lowest BCUT2D eigenvalue weighted by atomic mass is 9.98. The summed E-state index contributed by atoms with van der Waals surface area (Å²) in [5.41, 5.74) is 8.30. The molecule has 2 aromatic rings. The van der Waals surface area contributed by atoms with Crippen LogP contribution in [0, 0.1) is 0 Å². The van der Waals surface area contributed by atoms with Crippen molar-refractivity contribution in [3.8, 4) is 23.0 Å². The minimum Gasteiger partial charge on any atom is -0.492 e. The molecule has 0 bridgehead atoms. The van der Waals surface area contributed by atoms with Crippen LogP contribution in [0.1, 0.15) is 23.5 Å². The van der Waals surface area contributed by atoms with Crippen molar-refractivity contribution in [1.82, 2.24) is 0 Å². The SMILES string of the molecule is COC(=O)CC1COc2cc(OCc3cc(N)cc4c3OCO4)ccc21. The number of esters is 1. The summed E-state index contributed by atoms with van der Waals surface area (Å²) < 4.78 is 27.1. The van der Waals surface area contributed by atoms with Gasteiger partial charge in [-0.3, -0.25) is 4.79 Å². The molecule has 26 heavy (non-hydrogen) atoms. The van der Waals surface area contributed by atoms with Crippen molar-refractivity contribution in [2.45, 2.75) is 18.9 Å². The smallest absolute Gasteiger partial charge is 0.306 e. The highest BCUT2D eigenvalue weighted by molar-refractivity contribution is 5.71. The number of nitrogen functional groups attached to an aromatic ring is 1. The summed E-state index contributed by atoms with van der Waals surface area (Å²) in [4.78, 5) is 11.5. The maximum atomic E-state index is 11.5. The van der Waals surface area contributed by atoms with Gasteiger partial charge in [-0.1, -0.05) is 6.07 Å². The van der Waals surface area contributed by atoms with Gasteiger partial charge in [0.05, 0.1) is 20.1 Å². The average Bonchev–Trinajstić information content (AvgIpc) is 3.26. The summed E-state index contributed by atoms with van der Waals surface area (Å²) in [5.74, 6) is 2.45. The molecule has 7 heteroatoms. The Morgan fingerprint density at radius 1 is 1.19 bits per heavy atom. The molecule has 0 aliphatic carbocycles. The zero-order chi connectivity index (χ0) is 18.1. The molecule has 2 aliphatic rings. The molecule has 1 unspecified atom stereocenters. The van der Waals surface area contributed by atoms with E-state index in [-0.39, 0.29) is 18.7 Å². The number of anilines is 1. The quantitative estimate of drug-likeness (QED) is 0.650. The summed E-state index contributed by atoms with van der Waals surface area (Å²) in [5, 5.41) is 0. The Morgan fingerprint density at radius 3 is 2.92 bits per heavy atom. The largest absolute Gasteiger partial charge is 0.492 e. The lowest BCUT2D eigenvalue weighted by molar-refractivity contribution is -0.141. The molecular formula is C19H19NO6. The van der Waals surface area contributed by atoms with Crippen LogP contribution in [0.5, 0.6) is 23.0 Å². The molecule has 2 aliphatic heterocycles. The number of fused-ring (bicyclic) bond motifs is 2. The number of carbonyl (C=O) groups excluding carboxylic acids is 1. The van der Waals surface area contributed by atoms with Crippen molar-refractivity contribution < 1.29 is 28.5 Å². The van der Waals surface area contributed by atoms with Crippen LogP contribution < -0.4 is 24.7 Å². The fourth-order valence-electron chi connectivity index (χ4n) is 3.18. The summed E-state index contributed by atoms with van der Waals surface area (Å²) >= 11 is 0. The molecule has 0 saturated heterocycles. The first-order valence-electron chi connectivity index (χ1n) is 8.28. The van der Waals surface area contributed by atoms with Crippen molar-refractivity contribution >= 4 is 11.7 Å². The second-order valence-electron chi connectivity index (χ2n) is 6.19. The van der Waals surface area contributed by atoms with Gasteiger partial charge < -0.3 is 29.4 Å². The molecule has 136 valence electrons. The number of carbonyl (C=O) groups is 1. The number of rotatable bonds is 5. The molecule has 0 saturated carbocycles. The van der Waals surface area contributed by atoms with Crippen LogP contribution in [0.3, 0.4) is 0 Å². The maximum Gasteiger partial charge on any atom is 0.306 e. The molecule has 0 spiro atoms. The highest BCUT2D eigenvalue weighted by Crippen LogP contribution is 2.40. The third-order valence-electron chi connectivity index (χ3n) is 4.47. The molecule has 7 nitrogen and oxygen atoms in total. The van der Waals surface area contributed by atoms with Crippen LogP contribution in [-0.2, 0) is 16.1 Å². The molecule has 0 aromatic heterocycles. The first-order chi connectivity index (χ1) is 12.6. The van der Waals surface area contributed by atoms with E-state index in [2.05, 4.69) is 0 Å². The van der Waals surface area contributed by atoms with Gasteiger partial charge in [-0.05, 0) is 12.1 Å².